The molecule has 1 aromatic heterocycles. The van der Waals surface area contributed by atoms with Crippen molar-refractivity contribution in [1.82, 2.24) is 4.98 Å². The Morgan fingerprint density at radius 3 is 2.76 bits per heavy atom. The summed E-state index contributed by atoms with van der Waals surface area (Å²) >= 11 is 3.09. The minimum Gasteiger partial charge on any atom is -0.506 e. The Morgan fingerprint density at radius 2 is 2.12 bits per heavy atom. The van der Waals surface area contributed by atoms with Gasteiger partial charge in [0, 0.05) is 5.69 Å². The fourth-order valence-electron chi connectivity index (χ4n) is 1.32. The van der Waals surface area contributed by atoms with E-state index in [-0.39, 0.29) is 11.6 Å². The highest BCUT2D eigenvalue weighted by atomic mass is 79.9. The summed E-state index contributed by atoms with van der Waals surface area (Å²) in [6.07, 6.45) is 1.37. The number of aromatic nitrogens is 1. The topological polar surface area (TPSA) is 45.1 Å². The zero-order chi connectivity index (χ0) is 12.3. The minimum absolute atomic E-state index is 0.128. The number of nitrogens with zero attached hydrogens (tertiary/aromatic N) is 1. The van der Waals surface area contributed by atoms with E-state index in [9.17, 15) is 4.39 Å². The van der Waals surface area contributed by atoms with Crippen LogP contribution in [0.25, 0.3) is 0 Å². The van der Waals surface area contributed by atoms with Crippen LogP contribution in [0.2, 0.25) is 0 Å². The first-order valence-electron chi connectivity index (χ1n) is 4.98. The minimum atomic E-state index is -0.311. The maximum Gasteiger partial charge on any atom is 0.139 e. The molecule has 0 saturated heterocycles. The van der Waals surface area contributed by atoms with Crippen LogP contribution in [-0.2, 0) is 6.54 Å². The van der Waals surface area contributed by atoms with E-state index in [0.717, 1.165) is 5.69 Å². The van der Waals surface area contributed by atoms with E-state index in [2.05, 4.69) is 26.2 Å². The predicted molar refractivity (Wildman–Crippen MR) is 67.3 cm³/mol. The molecule has 0 unspecified atom stereocenters. The van der Waals surface area contributed by atoms with Gasteiger partial charge in [-0.1, -0.05) is 0 Å². The van der Waals surface area contributed by atoms with Crippen molar-refractivity contribution in [3.8, 4) is 5.75 Å². The maximum atomic E-state index is 13.2. The molecule has 0 aliphatic carbocycles. The standard InChI is InChI=1S/C12H10BrFN2O/c13-11-4-2-8(5-12(11)14)15-6-9-1-3-10(17)7-16-9/h1-5,7,15,17H,6H2. The van der Waals surface area contributed by atoms with Gasteiger partial charge in [-0.25, -0.2) is 4.39 Å². The lowest BCUT2D eigenvalue weighted by atomic mass is 10.3. The molecule has 2 rings (SSSR count). The van der Waals surface area contributed by atoms with Crippen LogP contribution in [0.4, 0.5) is 10.1 Å². The Hall–Kier alpha value is -1.62. The third-order valence-corrected chi connectivity index (χ3v) is 2.85. The lowest BCUT2D eigenvalue weighted by Crippen LogP contribution is -2.01. The van der Waals surface area contributed by atoms with Crippen molar-refractivity contribution < 1.29 is 9.50 Å². The molecule has 0 radical (unpaired) electrons. The summed E-state index contributed by atoms with van der Waals surface area (Å²) in [4.78, 5) is 4.02. The van der Waals surface area contributed by atoms with Crippen molar-refractivity contribution in [3.05, 3.63) is 52.5 Å². The predicted octanol–water partition coefficient (Wildman–Crippen LogP) is 3.30. The van der Waals surface area contributed by atoms with Gasteiger partial charge in [0.05, 0.1) is 22.9 Å². The average molecular weight is 297 g/mol. The smallest absolute Gasteiger partial charge is 0.139 e. The summed E-state index contributed by atoms with van der Waals surface area (Å²) < 4.78 is 13.7. The summed E-state index contributed by atoms with van der Waals surface area (Å²) in [6.45, 7) is 0.474. The second-order valence-electron chi connectivity index (χ2n) is 3.49. The van der Waals surface area contributed by atoms with Crippen molar-refractivity contribution in [2.75, 3.05) is 5.32 Å². The molecule has 0 fully saturated rings. The van der Waals surface area contributed by atoms with Crippen molar-refractivity contribution in [1.29, 1.82) is 0 Å². The number of hydrogen-bond donors (Lipinski definition) is 2. The summed E-state index contributed by atoms with van der Waals surface area (Å²) in [5, 5.41) is 12.1. The summed E-state index contributed by atoms with van der Waals surface area (Å²) in [6, 6.07) is 8.09. The number of nitrogens with one attached hydrogen (secondary N) is 1. The first-order valence-corrected chi connectivity index (χ1v) is 5.77. The molecule has 17 heavy (non-hydrogen) atoms. The molecule has 1 aromatic carbocycles. The second kappa shape index (κ2) is 5.14. The highest BCUT2D eigenvalue weighted by Gasteiger charge is 2.01. The number of aromatic hydroxyl groups is 1. The van der Waals surface area contributed by atoms with Gasteiger partial charge in [-0.3, -0.25) is 4.98 Å². The van der Waals surface area contributed by atoms with Crippen LogP contribution in [0.1, 0.15) is 5.69 Å². The first kappa shape index (κ1) is 11.9. The van der Waals surface area contributed by atoms with Crippen molar-refractivity contribution in [3.63, 3.8) is 0 Å². The highest BCUT2D eigenvalue weighted by molar-refractivity contribution is 9.10. The van der Waals surface area contributed by atoms with E-state index < -0.39 is 0 Å². The van der Waals surface area contributed by atoms with Gasteiger partial charge in [0.2, 0.25) is 0 Å². The Balaban J connectivity index is 2.02. The average Bonchev–Trinajstić information content (AvgIpc) is 2.33. The number of hydrogen-bond acceptors (Lipinski definition) is 3. The molecule has 0 bridgehead atoms. The molecule has 0 amide bonds. The molecule has 0 spiro atoms. The third-order valence-electron chi connectivity index (χ3n) is 2.20. The normalized spacial score (nSPS) is 10.2. The van der Waals surface area contributed by atoms with Crippen molar-refractivity contribution in [2.45, 2.75) is 6.54 Å². The Morgan fingerprint density at radius 1 is 1.29 bits per heavy atom. The maximum absolute atomic E-state index is 13.2. The van der Waals surface area contributed by atoms with Gasteiger partial charge in [-0.05, 0) is 46.3 Å². The quantitative estimate of drug-likeness (QED) is 0.913. The van der Waals surface area contributed by atoms with Gasteiger partial charge in [-0.15, -0.1) is 0 Å². The molecule has 0 aliphatic heterocycles. The molecule has 2 N–H and O–H groups in total. The molecule has 1 heterocycles. The molecule has 0 atom stereocenters. The number of rotatable bonds is 3. The second-order valence-corrected chi connectivity index (χ2v) is 4.34. The Labute approximate surface area is 106 Å². The van der Waals surface area contributed by atoms with E-state index in [0.29, 0.717) is 16.7 Å². The van der Waals surface area contributed by atoms with Crippen LogP contribution < -0.4 is 5.32 Å². The van der Waals surface area contributed by atoms with E-state index >= 15 is 0 Å². The van der Waals surface area contributed by atoms with Gasteiger partial charge in [-0.2, -0.15) is 0 Å². The van der Waals surface area contributed by atoms with Crippen LogP contribution in [0.15, 0.2) is 41.0 Å². The molecule has 0 saturated carbocycles. The monoisotopic (exact) mass is 296 g/mol. The zero-order valence-corrected chi connectivity index (χ0v) is 10.4. The number of pyridine rings is 1. The number of halogens is 2. The van der Waals surface area contributed by atoms with Crippen LogP contribution in [-0.4, -0.2) is 10.1 Å². The molecule has 5 heteroatoms. The van der Waals surface area contributed by atoms with Crippen LogP contribution in [0.5, 0.6) is 5.75 Å². The summed E-state index contributed by atoms with van der Waals surface area (Å²) in [7, 11) is 0. The van der Waals surface area contributed by atoms with Crippen molar-refractivity contribution in [2.24, 2.45) is 0 Å². The fourth-order valence-corrected chi connectivity index (χ4v) is 1.57. The van der Waals surface area contributed by atoms with E-state index in [1.165, 1.54) is 12.3 Å². The van der Waals surface area contributed by atoms with E-state index in [4.69, 9.17) is 5.11 Å². The SMILES string of the molecule is Oc1ccc(CNc2ccc(Br)c(F)c2)nc1. The van der Waals surface area contributed by atoms with Gasteiger partial charge < -0.3 is 10.4 Å². The zero-order valence-electron chi connectivity index (χ0n) is 8.82. The molecule has 2 aromatic rings. The highest BCUT2D eigenvalue weighted by Crippen LogP contribution is 2.19. The Kier molecular flexibility index (Phi) is 3.58. The number of anilines is 1. The third kappa shape index (κ3) is 3.17. The van der Waals surface area contributed by atoms with E-state index in [1.54, 1.807) is 24.3 Å². The summed E-state index contributed by atoms with van der Waals surface area (Å²) in [5.74, 6) is -0.183. The first-order chi connectivity index (χ1) is 8.15. The fraction of sp³-hybridized carbons (Fsp3) is 0.0833. The largest absolute Gasteiger partial charge is 0.506 e. The van der Waals surface area contributed by atoms with Crippen LogP contribution in [0, 0.1) is 5.82 Å². The van der Waals surface area contributed by atoms with Crippen molar-refractivity contribution >= 4 is 21.6 Å². The molecule has 88 valence electrons. The molecular weight excluding hydrogens is 287 g/mol. The lowest BCUT2D eigenvalue weighted by Gasteiger charge is -2.06. The van der Waals surface area contributed by atoms with Gasteiger partial charge >= 0.3 is 0 Å². The van der Waals surface area contributed by atoms with Crippen LogP contribution in [0.3, 0.4) is 0 Å². The van der Waals surface area contributed by atoms with E-state index in [1.807, 2.05) is 0 Å². The molecular formula is C12H10BrFN2O. The lowest BCUT2D eigenvalue weighted by molar-refractivity contribution is 0.472. The van der Waals surface area contributed by atoms with Gasteiger partial charge in [0.1, 0.15) is 11.6 Å². The summed E-state index contributed by atoms with van der Waals surface area (Å²) in [5.41, 5.74) is 1.45. The Bertz CT molecular complexity index is 516. The van der Waals surface area contributed by atoms with Crippen LogP contribution >= 0.6 is 15.9 Å². The molecule has 3 nitrogen and oxygen atoms in total. The van der Waals surface area contributed by atoms with Gasteiger partial charge in [0.15, 0.2) is 0 Å². The number of benzene rings is 1. The molecule has 0 aliphatic rings. The van der Waals surface area contributed by atoms with Gasteiger partial charge in [0.25, 0.3) is 0 Å².